The molecule has 2 aromatic heterocycles. The molecule has 0 aliphatic rings. The van der Waals surface area contributed by atoms with Crippen molar-refractivity contribution in [2.24, 2.45) is 13.0 Å². The molecule has 2 heterocycles. The summed E-state index contributed by atoms with van der Waals surface area (Å²) in [7, 11) is 1.45. The predicted octanol–water partition coefficient (Wildman–Crippen LogP) is 1.85. The smallest absolute Gasteiger partial charge is 0.332 e. The lowest BCUT2D eigenvalue weighted by Crippen LogP contribution is -2.39. The Labute approximate surface area is 168 Å². The van der Waals surface area contributed by atoms with Gasteiger partial charge in [0.25, 0.3) is 5.56 Å². The van der Waals surface area contributed by atoms with Gasteiger partial charge in [-0.05, 0) is 25.7 Å². The Bertz CT molecular complexity index is 976. The van der Waals surface area contributed by atoms with Crippen LogP contribution >= 0.6 is 11.8 Å². The van der Waals surface area contributed by atoms with Gasteiger partial charge in [-0.15, -0.1) is 0 Å². The van der Waals surface area contributed by atoms with Crippen LogP contribution in [0.3, 0.4) is 0 Å². The molecular formula is C19H29N5O3S. The van der Waals surface area contributed by atoms with Crippen molar-refractivity contribution in [2.75, 3.05) is 5.75 Å². The number of nitrogens with one attached hydrogen (secondary N) is 1. The van der Waals surface area contributed by atoms with E-state index in [1.807, 2.05) is 27.7 Å². The van der Waals surface area contributed by atoms with Crippen LogP contribution in [0.1, 0.15) is 46.4 Å². The number of carbonyl (C=O) groups excluding carboxylic acids is 1. The minimum absolute atomic E-state index is 0.101. The molecule has 0 spiro atoms. The molecule has 0 aromatic carbocycles. The average molecular weight is 408 g/mol. The Hall–Kier alpha value is -2.16. The maximum absolute atomic E-state index is 12.8. The highest BCUT2D eigenvalue weighted by atomic mass is 32.2. The van der Waals surface area contributed by atoms with Crippen LogP contribution in [-0.2, 0) is 18.4 Å². The lowest BCUT2D eigenvalue weighted by Gasteiger charge is -2.16. The molecule has 0 bridgehead atoms. The Balaban J connectivity index is 2.50. The third-order valence-electron chi connectivity index (χ3n) is 4.50. The van der Waals surface area contributed by atoms with Gasteiger partial charge in [0.15, 0.2) is 5.65 Å². The van der Waals surface area contributed by atoms with E-state index in [-0.39, 0.29) is 29.0 Å². The maximum Gasteiger partial charge on any atom is 0.332 e. The van der Waals surface area contributed by atoms with Crippen LogP contribution in [0.15, 0.2) is 14.6 Å². The Morgan fingerprint density at radius 1 is 1.18 bits per heavy atom. The van der Waals surface area contributed by atoms with E-state index in [4.69, 9.17) is 0 Å². The third kappa shape index (κ3) is 4.81. The summed E-state index contributed by atoms with van der Waals surface area (Å²) in [6.07, 6.45) is 1.73. The summed E-state index contributed by atoms with van der Waals surface area (Å²) in [5.41, 5.74) is -0.508. The van der Waals surface area contributed by atoms with E-state index >= 15 is 0 Å². The normalized spacial score (nSPS) is 11.6. The first-order valence-corrected chi connectivity index (χ1v) is 10.6. The van der Waals surface area contributed by atoms with Gasteiger partial charge in [-0.2, -0.15) is 0 Å². The van der Waals surface area contributed by atoms with E-state index in [9.17, 15) is 14.4 Å². The number of thioether (sulfide) groups is 1. The molecule has 2 rings (SSSR count). The van der Waals surface area contributed by atoms with Crippen molar-refractivity contribution in [2.45, 2.75) is 65.1 Å². The molecule has 0 atom stereocenters. The summed E-state index contributed by atoms with van der Waals surface area (Å²) in [6, 6.07) is 0.140. The van der Waals surface area contributed by atoms with Crippen molar-refractivity contribution in [1.29, 1.82) is 0 Å². The van der Waals surface area contributed by atoms with Crippen LogP contribution in [0.25, 0.3) is 11.0 Å². The largest absolute Gasteiger partial charge is 0.353 e. The average Bonchev–Trinajstić information content (AvgIpc) is 2.65. The van der Waals surface area contributed by atoms with E-state index in [1.165, 1.54) is 23.4 Å². The number of fused-ring (bicyclic) bond motifs is 1. The molecule has 9 heteroatoms. The minimum atomic E-state index is -0.442. The quantitative estimate of drug-likeness (QED) is 0.530. The van der Waals surface area contributed by atoms with E-state index in [2.05, 4.69) is 15.3 Å². The first-order valence-electron chi connectivity index (χ1n) is 9.59. The van der Waals surface area contributed by atoms with Crippen LogP contribution in [0.4, 0.5) is 0 Å². The summed E-state index contributed by atoms with van der Waals surface area (Å²) >= 11 is 1.20. The molecule has 0 fully saturated rings. The Morgan fingerprint density at radius 3 is 2.39 bits per heavy atom. The molecule has 2 aromatic rings. The highest BCUT2D eigenvalue weighted by molar-refractivity contribution is 8.00. The van der Waals surface area contributed by atoms with Crippen molar-refractivity contribution in [1.82, 2.24) is 24.4 Å². The van der Waals surface area contributed by atoms with Crippen LogP contribution in [-0.4, -0.2) is 36.8 Å². The molecular weight excluding hydrogens is 378 g/mol. The number of carbonyl (C=O) groups is 1. The lowest BCUT2D eigenvalue weighted by molar-refractivity contribution is -0.119. The molecule has 0 aliphatic heterocycles. The van der Waals surface area contributed by atoms with Crippen molar-refractivity contribution >= 4 is 28.7 Å². The first-order chi connectivity index (χ1) is 13.2. The fourth-order valence-corrected chi connectivity index (χ4v) is 3.84. The van der Waals surface area contributed by atoms with Gasteiger partial charge in [-0.3, -0.25) is 18.7 Å². The van der Waals surface area contributed by atoms with Crippen molar-refractivity contribution in [3.05, 3.63) is 26.7 Å². The number of aromatic nitrogens is 4. The van der Waals surface area contributed by atoms with Gasteiger partial charge in [0, 0.05) is 19.6 Å². The molecule has 1 amide bonds. The number of aryl methyl sites for hydroxylation is 1. The molecule has 1 N–H and O–H groups in total. The SMILES string of the molecule is CCC(CC)NC(=O)CSc1nc(C)nc2c1c(=O)n(C)c(=O)n2CC(C)C. The Kier molecular flexibility index (Phi) is 7.40. The molecule has 8 nitrogen and oxygen atoms in total. The summed E-state index contributed by atoms with van der Waals surface area (Å²) in [5, 5.41) is 3.70. The minimum Gasteiger partial charge on any atom is -0.353 e. The summed E-state index contributed by atoms with van der Waals surface area (Å²) < 4.78 is 2.60. The Morgan fingerprint density at radius 2 is 1.82 bits per heavy atom. The molecule has 0 saturated carbocycles. The number of hydrogen-bond donors (Lipinski definition) is 1. The second kappa shape index (κ2) is 9.36. The van der Waals surface area contributed by atoms with Gasteiger partial charge < -0.3 is 5.32 Å². The molecule has 0 unspecified atom stereocenters. The highest BCUT2D eigenvalue weighted by Crippen LogP contribution is 2.22. The van der Waals surface area contributed by atoms with E-state index in [1.54, 1.807) is 6.92 Å². The van der Waals surface area contributed by atoms with E-state index < -0.39 is 11.2 Å². The van der Waals surface area contributed by atoms with Crippen molar-refractivity contribution < 1.29 is 4.79 Å². The second-order valence-electron chi connectivity index (χ2n) is 7.30. The molecule has 0 saturated heterocycles. The van der Waals surface area contributed by atoms with Crippen LogP contribution in [0, 0.1) is 12.8 Å². The van der Waals surface area contributed by atoms with Gasteiger partial charge in [-0.1, -0.05) is 39.5 Å². The van der Waals surface area contributed by atoms with Gasteiger partial charge in [0.1, 0.15) is 16.2 Å². The van der Waals surface area contributed by atoms with Gasteiger partial charge >= 0.3 is 5.69 Å². The van der Waals surface area contributed by atoms with Crippen molar-refractivity contribution in [3.8, 4) is 0 Å². The van der Waals surface area contributed by atoms with Crippen LogP contribution in [0.5, 0.6) is 0 Å². The lowest BCUT2D eigenvalue weighted by atomic mass is 10.2. The van der Waals surface area contributed by atoms with Gasteiger partial charge in [0.05, 0.1) is 5.75 Å². The fraction of sp³-hybridized carbons (Fsp3) is 0.632. The maximum atomic E-state index is 12.8. The summed E-state index contributed by atoms with van der Waals surface area (Å²) in [4.78, 5) is 46.4. The number of amides is 1. The zero-order valence-electron chi connectivity index (χ0n) is 17.4. The zero-order chi connectivity index (χ0) is 21.0. The number of nitrogens with zero attached hydrogens (tertiary/aromatic N) is 4. The monoisotopic (exact) mass is 407 g/mol. The van der Waals surface area contributed by atoms with Crippen LogP contribution < -0.4 is 16.6 Å². The van der Waals surface area contributed by atoms with Gasteiger partial charge in [0.2, 0.25) is 5.91 Å². The molecule has 0 radical (unpaired) electrons. The molecule has 154 valence electrons. The second-order valence-corrected chi connectivity index (χ2v) is 8.26. The van der Waals surface area contributed by atoms with Crippen LogP contribution in [0.2, 0.25) is 0 Å². The first kappa shape index (κ1) is 22.1. The van der Waals surface area contributed by atoms with Gasteiger partial charge in [-0.25, -0.2) is 14.8 Å². The third-order valence-corrected chi connectivity index (χ3v) is 5.47. The van der Waals surface area contributed by atoms with E-state index in [0.29, 0.717) is 23.0 Å². The summed E-state index contributed by atoms with van der Waals surface area (Å²) in [5.74, 6) is 0.709. The topological polar surface area (TPSA) is 98.9 Å². The number of rotatable bonds is 8. The zero-order valence-corrected chi connectivity index (χ0v) is 18.2. The highest BCUT2D eigenvalue weighted by Gasteiger charge is 2.19. The fourth-order valence-electron chi connectivity index (χ4n) is 2.97. The summed E-state index contributed by atoms with van der Waals surface area (Å²) in [6.45, 7) is 10.2. The predicted molar refractivity (Wildman–Crippen MR) is 112 cm³/mol. The number of hydrogen-bond acceptors (Lipinski definition) is 6. The van der Waals surface area contributed by atoms with E-state index in [0.717, 1.165) is 17.4 Å². The molecule has 28 heavy (non-hydrogen) atoms. The van der Waals surface area contributed by atoms with Crippen molar-refractivity contribution in [3.63, 3.8) is 0 Å². The standard InChI is InChI=1S/C19H29N5O3S/c1-7-13(8-2)22-14(25)10-28-17-15-16(20-12(5)21-17)24(9-11(3)4)19(27)23(6)18(15)26/h11,13H,7-10H2,1-6H3,(H,22,25). The molecule has 0 aliphatic carbocycles.